The molecule has 1 unspecified atom stereocenters. The molecule has 5 aliphatic rings. The number of carbonyl (C=O) groups excluding carboxylic acids is 3. The Morgan fingerprint density at radius 1 is 0.921 bits per heavy atom. The summed E-state index contributed by atoms with van der Waals surface area (Å²) < 4.78 is 6.84. The Morgan fingerprint density at radius 2 is 1.66 bits per heavy atom. The number of rotatable bonds is 5. The van der Waals surface area contributed by atoms with Gasteiger partial charge in [0.15, 0.2) is 0 Å². The molecule has 0 radical (unpaired) electrons. The molecule has 1 aromatic carbocycles. The minimum absolute atomic E-state index is 0.0321. The molecule has 1 aromatic rings. The quantitative estimate of drug-likeness (QED) is 0.603. The van der Waals surface area contributed by atoms with Gasteiger partial charge >= 0.3 is 0 Å². The molecule has 3 fully saturated rings. The Morgan fingerprint density at radius 3 is 2.39 bits per heavy atom. The van der Waals surface area contributed by atoms with Crippen molar-refractivity contribution in [3.05, 3.63) is 60.2 Å². The first-order valence-electron chi connectivity index (χ1n) is 14.0. The fraction of sp³-hybridized carbons (Fsp3) is 0.567. The summed E-state index contributed by atoms with van der Waals surface area (Å²) in [5, 5.41) is 9.89. The number of benzene rings is 1. The Balaban J connectivity index is 1.40. The van der Waals surface area contributed by atoms with Crippen molar-refractivity contribution in [2.24, 2.45) is 11.8 Å². The third-order valence-electron chi connectivity index (χ3n) is 9.24. The van der Waals surface area contributed by atoms with Crippen LogP contribution in [0.15, 0.2) is 54.6 Å². The van der Waals surface area contributed by atoms with Crippen molar-refractivity contribution in [3.8, 4) is 0 Å². The predicted molar refractivity (Wildman–Crippen MR) is 141 cm³/mol. The van der Waals surface area contributed by atoms with Crippen LogP contribution < -0.4 is 0 Å². The van der Waals surface area contributed by atoms with E-state index in [0.29, 0.717) is 19.6 Å². The van der Waals surface area contributed by atoms with E-state index in [1.807, 2.05) is 66.5 Å². The van der Waals surface area contributed by atoms with E-state index >= 15 is 0 Å². The van der Waals surface area contributed by atoms with Crippen LogP contribution in [0.25, 0.3) is 0 Å². The number of aliphatic hydroxyl groups excluding tert-OH is 1. The van der Waals surface area contributed by atoms with Crippen LogP contribution in [-0.2, 0) is 25.7 Å². The number of β-amino-alcohol motifs (C(OH)–C–C–N with tert-alkyl or cyclic N) is 1. The Labute approximate surface area is 223 Å². The molecule has 38 heavy (non-hydrogen) atoms. The van der Waals surface area contributed by atoms with Crippen LogP contribution in [0.1, 0.15) is 44.6 Å². The van der Waals surface area contributed by atoms with Crippen molar-refractivity contribution >= 4 is 17.7 Å². The van der Waals surface area contributed by atoms with Crippen LogP contribution >= 0.6 is 0 Å². The van der Waals surface area contributed by atoms with E-state index in [-0.39, 0.29) is 36.9 Å². The lowest BCUT2D eigenvalue weighted by atomic mass is 9.74. The van der Waals surface area contributed by atoms with Gasteiger partial charge < -0.3 is 24.5 Å². The first kappa shape index (κ1) is 25.3. The number of hydrogen-bond acceptors (Lipinski definition) is 5. The minimum atomic E-state index is -1.26. The number of amides is 3. The van der Waals surface area contributed by atoms with Gasteiger partial charge in [0.1, 0.15) is 11.6 Å². The van der Waals surface area contributed by atoms with Gasteiger partial charge in [0.2, 0.25) is 17.7 Å². The first-order valence-corrected chi connectivity index (χ1v) is 14.0. The van der Waals surface area contributed by atoms with E-state index in [1.165, 1.54) is 11.3 Å². The molecule has 4 heterocycles. The van der Waals surface area contributed by atoms with Crippen LogP contribution in [0.3, 0.4) is 0 Å². The lowest BCUT2D eigenvalue weighted by molar-refractivity contribution is -0.154. The minimum Gasteiger partial charge on any atom is -0.395 e. The van der Waals surface area contributed by atoms with Gasteiger partial charge in [0, 0.05) is 32.2 Å². The maximum atomic E-state index is 14.3. The van der Waals surface area contributed by atoms with Gasteiger partial charge in [0.05, 0.1) is 24.0 Å². The Bertz CT molecular complexity index is 1160. The van der Waals surface area contributed by atoms with Gasteiger partial charge in [-0.2, -0.15) is 0 Å². The number of likely N-dealkylation sites (tertiary alicyclic amines) is 1. The van der Waals surface area contributed by atoms with E-state index in [4.69, 9.17) is 4.74 Å². The van der Waals surface area contributed by atoms with Crippen molar-refractivity contribution in [3.63, 3.8) is 0 Å². The topological polar surface area (TPSA) is 90.4 Å². The Kier molecular flexibility index (Phi) is 6.43. The van der Waals surface area contributed by atoms with Gasteiger partial charge in [-0.25, -0.2) is 0 Å². The average Bonchev–Trinajstić information content (AvgIpc) is 3.18. The van der Waals surface area contributed by atoms with E-state index in [2.05, 4.69) is 0 Å². The summed E-state index contributed by atoms with van der Waals surface area (Å²) in [4.78, 5) is 47.8. The SMILES string of the molecule is C[C@@]12C=CCN(Cc3ccccc3)C(=O)[C@@H]1[C@H]1C(=O)N(CCO)C3C(=O)N(C4CCCCC4)CC=C[C@@]31O2. The first-order chi connectivity index (χ1) is 18.4. The fourth-order valence-electron chi connectivity index (χ4n) is 7.60. The molecule has 1 N–H and O–H groups in total. The summed E-state index contributed by atoms with van der Waals surface area (Å²) in [7, 11) is 0. The maximum Gasteiger partial charge on any atom is 0.249 e. The monoisotopic (exact) mass is 519 g/mol. The lowest BCUT2D eigenvalue weighted by Gasteiger charge is -2.40. The third-order valence-corrected chi connectivity index (χ3v) is 9.24. The summed E-state index contributed by atoms with van der Waals surface area (Å²) in [5.74, 6) is -2.18. The molecule has 3 amide bonds. The van der Waals surface area contributed by atoms with Crippen molar-refractivity contribution in [2.75, 3.05) is 26.2 Å². The molecular formula is C30H37N3O5. The molecule has 0 aromatic heterocycles. The number of carbonyl (C=O) groups is 3. The highest BCUT2D eigenvalue weighted by molar-refractivity contribution is 6.00. The van der Waals surface area contributed by atoms with Crippen molar-refractivity contribution < 1.29 is 24.2 Å². The summed E-state index contributed by atoms with van der Waals surface area (Å²) in [6.45, 7) is 2.95. The van der Waals surface area contributed by atoms with E-state index in [1.54, 1.807) is 4.90 Å². The number of nitrogens with zero attached hydrogens (tertiary/aromatic N) is 3. The molecule has 1 spiro atoms. The second-order valence-electron chi connectivity index (χ2n) is 11.5. The molecule has 8 nitrogen and oxygen atoms in total. The van der Waals surface area contributed by atoms with E-state index in [9.17, 15) is 19.5 Å². The smallest absolute Gasteiger partial charge is 0.249 e. The molecule has 6 rings (SSSR count). The van der Waals surface area contributed by atoms with E-state index < -0.39 is 29.1 Å². The molecule has 4 aliphatic heterocycles. The predicted octanol–water partition coefficient (Wildman–Crippen LogP) is 2.28. The molecule has 202 valence electrons. The summed E-state index contributed by atoms with van der Waals surface area (Å²) in [6.07, 6.45) is 13.0. The normalized spacial score (nSPS) is 35.3. The van der Waals surface area contributed by atoms with Crippen molar-refractivity contribution in [1.82, 2.24) is 14.7 Å². The molecular weight excluding hydrogens is 482 g/mol. The summed E-state index contributed by atoms with van der Waals surface area (Å²) in [6, 6.07) is 9.04. The Hall–Kier alpha value is -2.97. The van der Waals surface area contributed by atoms with E-state index in [0.717, 1.165) is 31.2 Å². The number of hydrogen-bond donors (Lipinski definition) is 1. The molecule has 2 saturated heterocycles. The van der Waals surface area contributed by atoms with Crippen LogP contribution in [-0.4, -0.2) is 87.1 Å². The summed E-state index contributed by atoms with van der Waals surface area (Å²) in [5.41, 5.74) is -1.28. The largest absolute Gasteiger partial charge is 0.395 e. The maximum absolute atomic E-state index is 14.3. The highest BCUT2D eigenvalue weighted by atomic mass is 16.5. The van der Waals surface area contributed by atoms with Gasteiger partial charge in [-0.3, -0.25) is 14.4 Å². The number of fused-ring (bicyclic) bond motifs is 2. The molecule has 0 bridgehead atoms. The number of ether oxygens (including phenoxy) is 1. The van der Waals surface area contributed by atoms with Gasteiger partial charge in [-0.1, -0.05) is 73.9 Å². The lowest BCUT2D eigenvalue weighted by Crippen LogP contribution is -2.58. The van der Waals surface area contributed by atoms with Gasteiger partial charge in [-0.15, -0.1) is 0 Å². The van der Waals surface area contributed by atoms with Crippen molar-refractivity contribution in [2.45, 2.75) is 68.9 Å². The molecule has 1 aliphatic carbocycles. The second-order valence-corrected chi connectivity index (χ2v) is 11.5. The van der Waals surface area contributed by atoms with Gasteiger partial charge in [0.25, 0.3) is 0 Å². The van der Waals surface area contributed by atoms with Crippen LogP contribution in [0.4, 0.5) is 0 Å². The summed E-state index contributed by atoms with van der Waals surface area (Å²) >= 11 is 0. The molecule has 1 saturated carbocycles. The molecule has 8 heteroatoms. The van der Waals surface area contributed by atoms with Crippen LogP contribution in [0.2, 0.25) is 0 Å². The highest BCUT2D eigenvalue weighted by Gasteiger charge is 2.74. The van der Waals surface area contributed by atoms with Crippen LogP contribution in [0, 0.1) is 11.8 Å². The highest BCUT2D eigenvalue weighted by Crippen LogP contribution is 2.57. The second kappa shape index (κ2) is 9.65. The fourth-order valence-corrected chi connectivity index (χ4v) is 7.60. The zero-order chi connectivity index (χ0) is 26.5. The third kappa shape index (κ3) is 3.83. The average molecular weight is 520 g/mol. The zero-order valence-electron chi connectivity index (χ0n) is 22.0. The standard InChI is InChI=1S/C30H37N3O5/c1-29-14-8-16-31(20-21-10-4-2-5-11-21)26(35)23(29)24-27(36)33(18-19-34)25-28(37)32(22-12-6-3-7-13-22)17-9-15-30(24,25)38-29/h2,4-5,8-11,14-15,22-25,34H,3,6-7,12-13,16-20H2,1H3/t23-,24-,25?,29+,30-/m0/s1. The van der Waals surface area contributed by atoms with Crippen molar-refractivity contribution in [1.29, 1.82) is 0 Å². The van der Waals surface area contributed by atoms with Gasteiger partial charge in [-0.05, 0) is 25.3 Å². The zero-order valence-corrected chi connectivity index (χ0v) is 22.0. The molecule has 5 atom stereocenters. The van der Waals surface area contributed by atoms with Crippen LogP contribution in [0.5, 0.6) is 0 Å². The number of aliphatic hydroxyl groups is 1.